The van der Waals surface area contributed by atoms with Gasteiger partial charge < -0.3 is 20.5 Å². The highest BCUT2D eigenvalue weighted by molar-refractivity contribution is 5.95. The monoisotopic (exact) mass is 350 g/mol. The van der Waals surface area contributed by atoms with Crippen LogP contribution in [0.1, 0.15) is 18.1 Å². The molecular weight excluding hydrogens is 328 g/mol. The number of benzene rings is 2. The number of nitrogens with one attached hydrogen (secondary N) is 1. The smallest absolute Gasteiger partial charge is 0.253 e. The number of nitrogens with two attached hydrogens (primary N) is 1. The maximum absolute atomic E-state index is 12.2. The molecule has 2 aromatic rings. The SMILES string of the molecule is COc1cccc(COC(C)C(=O)Nc2cc(N)ccc2C)c1.Cl. The number of carbonyl (C=O) groups excluding carboxylic acids is 1. The average molecular weight is 351 g/mol. The number of amides is 1. The maximum atomic E-state index is 12.2. The van der Waals surface area contributed by atoms with Gasteiger partial charge >= 0.3 is 0 Å². The number of nitrogen functional groups attached to an aromatic ring is 1. The predicted molar refractivity (Wildman–Crippen MR) is 98.7 cm³/mol. The minimum Gasteiger partial charge on any atom is -0.497 e. The Balaban J connectivity index is 0.00000288. The fourth-order valence-corrected chi connectivity index (χ4v) is 2.07. The van der Waals surface area contributed by atoms with Crippen LogP contribution in [0.5, 0.6) is 5.75 Å². The number of ether oxygens (including phenoxy) is 2. The molecule has 1 atom stereocenters. The van der Waals surface area contributed by atoms with Crippen LogP contribution in [0.2, 0.25) is 0 Å². The van der Waals surface area contributed by atoms with Crippen LogP contribution in [0.25, 0.3) is 0 Å². The third-order valence-corrected chi connectivity index (χ3v) is 3.52. The van der Waals surface area contributed by atoms with Gasteiger partial charge in [-0.1, -0.05) is 18.2 Å². The van der Waals surface area contributed by atoms with Crippen molar-refractivity contribution in [3.63, 3.8) is 0 Å². The van der Waals surface area contributed by atoms with Gasteiger partial charge in [-0.05, 0) is 49.2 Å². The summed E-state index contributed by atoms with van der Waals surface area (Å²) in [5.41, 5.74) is 8.95. The van der Waals surface area contributed by atoms with Gasteiger partial charge in [-0.3, -0.25) is 4.79 Å². The zero-order valence-corrected chi connectivity index (χ0v) is 14.9. The molecule has 0 saturated carbocycles. The van der Waals surface area contributed by atoms with E-state index in [0.717, 1.165) is 16.9 Å². The third kappa shape index (κ3) is 5.44. The van der Waals surface area contributed by atoms with Crippen LogP contribution in [0.3, 0.4) is 0 Å². The highest BCUT2D eigenvalue weighted by Gasteiger charge is 2.15. The average Bonchev–Trinajstić information content (AvgIpc) is 2.56. The Morgan fingerprint density at radius 3 is 2.71 bits per heavy atom. The first-order valence-corrected chi connectivity index (χ1v) is 7.41. The molecule has 0 aliphatic heterocycles. The van der Waals surface area contributed by atoms with Crippen LogP contribution in [0, 0.1) is 6.92 Å². The van der Waals surface area contributed by atoms with Gasteiger partial charge in [0.25, 0.3) is 5.91 Å². The first-order valence-electron chi connectivity index (χ1n) is 7.41. The summed E-state index contributed by atoms with van der Waals surface area (Å²) >= 11 is 0. The van der Waals surface area contributed by atoms with Crippen molar-refractivity contribution in [2.75, 3.05) is 18.2 Å². The molecule has 1 unspecified atom stereocenters. The zero-order chi connectivity index (χ0) is 16.8. The second-order valence-electron chi connectivity index (χ2n) is 5.37. The van der Waals surface area contributed by atoms with Crippen LogP contribution in [-0.4, -0.2) is 19.1 Å². The van der Waals surface area contributed by atoms with E-state index in [1.165, 1.54) is 0 Å². The summed E-state index contributed by atoms with van der Waals surface area (Å²) in [6.07, 6.45) is -0.581. The summed E-state index contributed by atoms with van der Waals surface area (Å²) in [4.78, 5) is 12.2. The normalized spacial score (nSPS) is 11.3. The van der Waals surface area contributed by atoms with E-state index in [1.807, 2.05) is 37.3 Å². The quantitative estimate of drug-likeness (QED) is 0.781. The highest BCUT2D eigenvalue weighted by atomic mass is 35.5. The van der Waals surface area contributed by atoms with Crippen molar-refractivity contribution in [2.45, 2.75) is 26.6 Å². The van der Waals surface area contributed by atoms with Crippen LogP contribution >= 0.6 is 12.4 Å². The van der Waals surface area contributed by atoms with Crippen LogP contribution in [-0.2, 0) is 16.1 Å². The van der Waals surface area contributed by atoms with Crippen LogP contribution in [0.4, 0.5) is 11.4 Å². The molecule has 6 heteroatoms. The number of hydrogen-bond acceptors (Lipinski definition) is 4. The molecule has 130 valence electrons. The molecule has 0 radical (unpaired) electrons. The number of methoxy groups -OCH3 is 1. The first kappa shape index (κ1) is 19.8. The van der Waals surface area contributed by atoms with Crippen molar-refractivity contribution in [1.29, 1.82) is 0 Å². The second-order valence-corrected chi connectivity index (χ2v) is 5.37. The Labute approximate surface area is 148 Å². The predicted octanol–water partition coefficient (Wildman–Crippen LogP) is 3.55. The summed E-state index contributed by atoms with van der Waals surface area (Å²) in [5, 5.41) is 2.84. The van der Waals surface area contributed by atoms with E-state index < -0.39 is 6.10 Å². The van der Waals surface area contributed by atoms with Crippen molar-refractivity contribution in [3.8, 4) is 5.75 Å². The third-order valence-electron chi connectivity index (χ3n) is 3.52. The molecule has 0 bridgehead atoms. The molecule has 0 saturated heterocycles. The maximum Gasteiger partial charge on any atom is 0.253 e. The number of aryl methyl sites for hydroxylation is 1. The highest BCUT2D eigenvalue weighted by Crippen LogP contribution is 2.19. The Morgan fingerprint density at radius 1 is 1.25 bits per heavy atom. The lowest BCUT2D eigenvalue weighted by Gasteiger charge is -2.15. The van der Waals surface area contributed by atoms with Crippen molar-refractivity contribution < 1.29 is 14.3 Å². The Kier molecular flexibility index (Phi) is 7.55. The number of halogens is 1. The Morgan fingerprint density at radius 2 is 2.00 bits per heavy atom. The van der Waals surface area contributed by atoms with Gasteiger partial charge in [0.05, 0.1) is 13.7 Å². The second kappa shape index (κ2) is 9.15. The molecule has 0 heterocycles. The summed E-state index contributed by atoms with van der Waals surface area (Å²) in [6, 6.07) is 13.0. The van der Waals surface area contributed by atoms with Crippen molar-refractivity contribution in [3.05, 3.63) is 53.6 Å². The van der Waals surface area contributed by atoms with E-state index in [2.05, 4.69) is 5.32 Å². The zero-order valence-electron chi connectivity index (χ0n) is 14.0. The molecule has 3 N–H and O–H groups in total. The number of carbonyl (C=O) groups is 1. The van der Waals surface area contributed by atoms with Gasteiger partial charge in [-0.2, -0.15) is 0 Å². The van der Waals surface area contributed by atoms with Gasteiger partial charge in [0, 0.05) is 11.4 Å². The summed E-state index contributed by atoms with van der Waals surface area (Å²) in [6.45, 7) is 3.97. The van der Waals surface area contributed by atoms with Gasteiger partial charge in [0.1, 0.15) is 11.9 Å². The molecule has 0 spiro atoms. The van der Waals surface area contributed by atoms with Crippen LogP contribution < -0.4 is 15.8 Å². The minimum absolute atomic E-state index is 0. The van der Waals surface area contributed by atoms with Gasteiger partial charge in [-0.15, -0.1) is 12.4 Å². The van der Waals surface area contributed by atoms with Crippen molar-refractivity contribution >= 4 is 29.7 Å². The lowest BCUT2D eigenvalue weighted by atomic mass is 10.1. The summed E-state index contributed by atoms with van der Waals surface area (Å²) in [5.74, 6) is 0.556. The molecule has 24 heavy (non-hydrogen) atoms. The molecule has 0 aliphatic rings. The summed E-state index contributed by atoms with van der Waals surface area (Å²) < 4.78 is 10.8. The minimum atomic E-state index is -0.581. The van der Waals surface area contributed by atoms with Crippen molar-refractivity contribution in [1.82, 2.24) is 0 Å². The van der Waals surface area contributed by atoms with E-state index in [4.69, 9.17) is 15.2 Å². The van der Waals surface area contributed by atoms with Gasteiger partial charge in [0.2, 0.25) is 0 Å². The Bertz CT molecular complexity index is 692. The van der Waals surface area contributed by atoms with Crippen LogP contribution in [0.15, 0.2) is 42.5 Å². The largest absolute Gasteiger partial charge is 0.497 e. The first-order chi connectivity index (χ1) is 11.0. The molecule has 5 nitrogen and oxygen atoms in total. The van der Waals surface area contributed by atoms with Gasteiger partial charge in [0.15, 0.2) is 0 Å². The number of anilines is 2. The fraction of sp³-hybridized carbons (Fsp3) is 0.278. The molecule has 0 aliphatic carbocycles. The fourth-order valence-electron chi connectivity index (χ4n) is 2.07. The van der Waals surface area contributed by atoms with Crippen molar-refractivity contribution in [2.24, 2.45) is 0 Å². The van der Waals surface area contributed by atoms with E-state index in [9.17, 15) is 4.79 Å². The number of hydrogen-bond donors (Lipinski definition) is 2. The molecule has 0 fully saturated rings. The standard InChI is InChI=1S/C18H22N2O3.ClH/c1-12-7-8-15(19)10-17(12)20-18(21)13(2)23-11-14-5-4-6-16(9-14)22-3;/h4-10,13H,11,19H2,1-3H3,(H,20,21);1H. The van der Waals surface area contributed by atoms with E-state index >= 15 is 0 Å². The molecule has 2 rings (SSSR count). The summed E-state index contributed by atoms with van der Waals surface area (Å²) in [7, 11) is 1.62. The number of rotatable bonds is 6. The molecular formula is C18H23ClN2O3. The topological polar surface area (TPSA) is 73.6 Å². The van der Waals surface area contributed by atoms with E-state index in [0.29, 0.717) is 18.0 Å². The molecule has 2 aromatic carbocycles. The van der Waals surface area contributed by atoms with E-state index in [-0.39, 0.29) is 18.3 Å². The molecule has 0 aromatic heterocycles. The lowest BCUT2D eigenvalue weighted by Crippen LogP contribution is -2.28. The Hall–Kier alpha value is -2.24. The molecule has 1 amide bonds. The van der Waals surface area contributed by atoms with Gasteiger partial charge in [-0.25, -0.2) is 0 Å². The lowest BCUT2D eigenvalue weighted by molar-refractivity contribution is -0.127. The van der Waals surface area contributed by atoms with E-state index in [1.54, 1.807) is 26.2 Å².